The predicted octanol–water partition coefficient (Wildman–Crippen LogP) is 2.90. The van der Waals surface area contributed by atoms with E-state index in [9.17, 15) is 0 Å². The lowest BCUT2D eigenvalue weighted by Crippen LogP contribution is -1.77. The molecule has 1 N–H and O–H groups in total. The van der Waals surface area contributed by atoms with E-state index in [0.717, 1.165) is 19.3 Å². The maximum Gasteiger partial charge on any atom is 0.0440 e. The van der Waals surface area contributed by atoms with Gasteiger partial charge in [0.05, 0.1) is 0 Å². The first kappa shape index (κ1) is 13.8. The van der Waals surface area contributed by atoms with Crippen molar-refractivity contribution in [2.45, 2.75) is 45.4 Å². The van der Waals surface area contributed by atoms with Crippen molar-refractivity contribution in [2.24, 2.45) is 0 Å². The number of rotatable bonds is 5. The molecule has 0 rings (SSSR count). The Bertz CT molecular complexity index is 267. The van der Waals surface area contributed by atoms with Gasteiger partial charge in [-0.15, -0.1) is 0 Å². The molecular formula is C14H20O. The molecule has 1 nitrogen and oxygen atoms in total. The molecule has 82 valence electrons. The van der Waals surface area contributed by atoms with Crippen LogP contribution >= 0.6 is 0 Å². The van der Waals surface area contributed by atoms with Gasteiger partial charge in [-0.25, -0.2) is 0 Å². The van der Waals surface area contributed by atoms with Crippen molar-refractivity contribution in [3.63, 3.8) is 0 Å². The fourth-order valence-electron chi connectivity index (χ4n) is 0.976. The SMILES string of the molecule is CCCCCC#C/C=C\C#CCCCO. The van der Waals surface area contributed by atoms with Gasteiger partial charge in [-0.1, -0.05) is 43.4 Å². The molecule has 0 aliphatic rings. The van der Waals surface area contributed by atoms with Crippen LogP contribution in [-0.2, 0) is 0 Å². The molecule has 0 amide bonds. The monoisotopic (exact) mass is 204 g/mol. The van der Waals surface area contributed by atoms with Crippen molar-refractivity contribution in [3.05, 3.63) is 12.2 Å². The van der Waals surface area contributed by atoms with Crippen LogP contribution in [0, 0.1) is 23.7 Å². The molecule has 0 fully saturated rings. The number of aliphatic hydroxyl groups excluding tert-OH is 1. The van der Waals surface area contributed by atoms with E-state index in [2.05, 4.69) is 30.6 Å². The Balaban J connectivity index is 3.45. The van der Waals surface area contributed by atoms with Crippen molar-refractivity contribution in [1.29, 1.82) is 0 Å². The van der Waals surface area contributed by atoms with E-state index in [0.29, 0.717) is 0 Å². The second kappa shape index (κ2) is 12.8. The summed E-state index contributed by atoms with van der Waals surface area (Å²) >= 11 is 0. The van der Waals surface area contributed by atoms with Gasteiger partial charge >= 0.3 is 0 Å². The van der Waals surface area contributed by atoms with Gasteiger partial charge in [0.25, 0.3) is 0 Å². The average molecular weight is 204 g/mol. The molecule has 0 saturated heterocycles. The van der Waals surface area contributed by atoms with E-state index in [1.807, 2.05) is 0 Å². The topological polar surface area (TPSA) is 20.2 Å². The summed E-state index contributed by atoms with van der Waals surface area (Å²) in [7, 11) is 0. The zero-order chi connectivity index (χ0) is 11.2. The van der Waals surface area contributed by atoms with Crippen LogP contribution in [-0.4, -0.2) is 11.7 Å². The van der Waals surface area contributed by atoms with Crippen molar-refractivity contribution < 1.29 is 5.11 Å². The van der Waals surface area contributed by atoms with Crippen LogP contribution in [0.4, 0.5) is 0 Å². The van der Waals surface area contributed by atoms with Crippen LogP contribution in [0.5, 0.6) is 0 Å². The Labute approximate surface area is 93.6 Å². The van der Waals surface area contributed by atoms with Gasteiger partial charge in [0.1, 0.15) is 0 Å². The first-order valence-electron chi connectivity index (χ1n) is 5.64. The lowest BCUT2D eigenvalue weighted by molar-refractivity contribution is 0.290. The second-order valence-corrected chi connectivity index (χ2v) is 3.26. The van der Waals surface area contributed by atoms with E-state index in [-0.39, 0.29) is 6.61 Å². The lowest BCUT2D eigenvalue weighted by atomic mass is 10.2. The molecule has 0 heterocycles. The van der Waals surface area contributed by atoms with Crippen LogP contribution in [0.1, 0.15) is 45.4 Å². The van der Waals surface area contributed by atoms with Crippen molar-refractivity contribution in [2.75, 3.05) is 6.61 Å². The Morgan fingerprint density at radius 2 is 1.53 bits per heavy atom. The van der Waals surface area contributed by atoms with Crippen LogP contribution in [0.3, 0.4) is 0 Å². The van der Waals surface area contributed by atoms with Crippen LogP contribution in [0.15, 0.2) is 12.2 Å². The normalized spacial score (nSPS) is 9.20. The number of hydrogen-bond acceptors (Lipinski definition) is 1. The van der Waals surface area contributed by atoms with Crippen molar-refractivity contribution in [3.8, 4) is 23.7 Å². The van der Waals surface area contributed by atoms with E-state index in [4.69, 9.17) is 5.11 Å². The van der Waals surface area contributed by atoms with Crippen LogP contribution in [0.2, 0.25) is 0 Å². The highest BCUT2D eigenvalue weighted by molar-refractivity contribution is 5.24. The standard InChI is InChI=1S/C14H20O/c1-2-3-4-5-6-7-8-9-10-11-12-13-14-15/h8-9,15H,2-5,12-14H2,1H3/b9-8-. The Morgan fingerprint density at radius 3 is 2.07 bits per heavy atom. The number of aliphatic hydroxyl groups is 1. The van der Waals surface area contributed by atoms with Crippen molar-refractivity contribution >= 4 is 0 Å². The molecule has 0 aromatic heterocycles. The quantitative estimate of drug-likeness (QED) is 0.539. The summed E-state index contributed by atoms with van der Waals surface area (Å²) in [6.45, 7) is 2.41. The molecule has 0 atom stereocenters. The zero-order valence-electron chi connectivity index (χ0n) is 9.55. The van der Waals surface area contributed by atoms with Gasteiger partial charge in [0, 0.05) is 19.4 Å². The smallest absolute Gasteiger partial charge is 0.0440 e. The minimum atomic E-state index is 0.218. The average Bonchev–Trinajstić information content (AvgIpc) is 2.26. The summed E-state index contributed by atoms with van der Waals surface area (Å²) < 4.78 is 0. The third-order valence-corrected chi connectivity index (χ3v) is 1.82. The van der Waals surface area contributed by atoms with Gasteiger partial charge in [0.2, 0.25) is 0 Å². The molecule has 15 heavy (non-hydrogen) atoms. The minimum Gasteiger partial charge on any atom is -0.396 e. The highest BCUT2D eigenvalue weighted by Gasteiger charge is 1.79. The molecule has 1 heteroatoms. The Hall–Kier alpha value is -1.18. The molecule has 0 aromatic rings. The van der Waals surface area contributed by atoms with E-state index in [1.54, 1.807) is 12.2 Å². The van der Waals surface area contributed by atoms with Gasteiger partial charge in [-0.3, -0.25) is 0 Å². The summed E-state index contributed by atoms with van der Waals surface area (Å²) in [5.74, 6) is 11.8. The highest BCUT2D eigenvalue weighted by atomic mass is 16.2. The summed E-state index contributed by atoms with van der Waals surface area (Å²) in [6, 6.07) is 0. The van der Waals surface area contributed by atoms with Gasteiger partial charge in [-0.2, -0.15) is 0 Å². The summed E-state index contributed by atoms with van der Waals surface area (Å²) in [5.41, 5.74) is 0. The zero-order valence-corrected chi connectivity index (χ0v) is 9.55. The predicted molar refractivity (Wildman–Crippen MR) is 65.2 cm³/mol. The summed E-state index contributed by atoms with van der Waals surface area (Å²) in [4.78, 5) is 0. The minimum absolute atomic E-state index is 0.218. The molecule has 0 aromatic carbocycles. The van der Waals surface area contributed by atoms with E-state index < -0.39 is 0 Å². The fourth-order valence-corrected chi connectivity index (χ4v) is 0.976. The van der Waals surface area contributed by atoms with E-state index >= 15 is 0 Å². The molecule has 0 spiro atoms. The molecule has 0 aliphatic heterocycles. The first-order chi connectivity index (χ1) is 7.41. The molecule has 0 saturated carbocycles. The lowest BCUT2D eigenvalue weighted by Gasteiger charge is -1.87. The number of allylic oxidation sites excluding steroid dienone is 2. The maximum absolute atomic E-state index is 8.50. The summed E-state index contributed by atoms with van der Waals surface area (Å²) in [5, 5.41) is 8.50. The van der Waals surface area contributed by atoms with Crippen LogP contribution < -0.4 is 0 Å². The van der Waals surface area contributed by atoms with Gasteiger partial charge in [-0.05, 0) is 25.0 Å². The number of unbranched alkanes of at least 4 members (excludes halogenated alkanes) is 4. The van der Waals surface area contributed by atoms with Crippen molar-refractivity contribution in [1.82, 2.24) is 0 Å². The molecular weight excluding hydrogens is 184 g/mol. The van der Waals surface area contributed by atoms with E-state index in [1.165, 1.54) is 19.3 Å². The van der Waals surface area contributed by atoms with Gasteiger partial charge in [0.15, 0.2) is 0 Å². The second-order valence-electron chi connectivity index (χ2n) is 3.26. The number of hydrogen-bond donors (Lipinski definition) is 1. The van der Waals surface area contributed by atoms with Gasteiger partial charge < -0.3 is 5.11 Å². The third kappa shape index (κ3) is 12.8. The molecule has 0 radical (unpaired) electrons. The first-order valence-corrected chi connectivity index (χ1v) is 5.64. The highest BCUT2D eigenvalue weighted by Crippen LogP contribution is 1.96. The Kier molecular flexibility index (Phi) is 11.8. The molecule has 0 aliphatic carbocycles. The fraction of sp³-hybridized carbons (Fsp3) is 0.571. The summed E-state index contributed by atoms with van der Waals surface area (Å²) in [6.07, 6.45) is 9.75. The largest absolute Gasteiger partial charge is 0.396 e. The Morgan fingerprint density at radius 1 is 0.933 bits per heavy atom. The maximum atomic E-state index is 8.50. The molecule has 0 bridgehead atoms. The molecule has 0 unspecified atom stereocenters. The van der Waals surface area contributed by atoms with Crippen LogP contribution in [0.25, 0.3) is 0 Å². The third-order valence-electron chi connectivity index (χ3n) is 1.82.